The molecule has 6 heteroatoms. The predicted molar refractivity (Wildman–Crippen MR) is 71.2 cm³/mol. The average Bonchev–Trinajstić information content (AvgIpc) is 2.82. The van der Waals surface area contributed by atoms with Crippen LogP contribution in [-0.4, -0.2) is 38.5 Å². The zero-order valence-corrected chi connectivity index (χ0v) is 11.2. The van der Waals surface area contributed by atoms with Crippen molar-refractivity contribution in [2.24, 2.45) is 10.9 Å². The Kier molecular flexibility index (Phi) is 4.42. The molecule has 0 aromatic carbocycles. The van der Waals surface area contributed by atoms with E-state index >= 15 is 0 Å². The molecule has 2 rings (SSSR count). The number of amidine groups is 1. The molecule has 1 aromatic heterocycles. The van der Waals surface area contributed by atoms with Gasteiger partial charge in [0.05, 0.1) is 6.20 Å². The maximum atomic E-state index is 4.57. The summed E-state index contributed by atoms with van der Waals surface area (Å²) in [6.07, 6.45) is 4.58. The quantitative estimate of drug-likeness (QED) is 0.824. The van der Waals surface area contributed by atoms with Crippen molar-refractivity contribution in [3.63, 3.8) is 0 Å². The molecule has 17 heavy (non-hydrogen) atoms. The molecule has 0 saturated carbocycles. The molecular weight excluding hydrogens is 234 g/mol. The SMILES string of the molecule is CC1CSC(=NCCCn2ccnn2)NC1C. The normalized spacial score (nSPS) is 27.1. The summed E-state index contributed by atoms with van der Waals surface area (Å²) in [7, 11) is 0. The molecule has 5 nitrogen and oxygen atoms in total. The first kappa shape index (κ1) is 12.4. The molecule has 0 spiro atoms. The van der Waals surface area contributed by atoms with Crippen LogP contribution in [0.15, 0.2) is 17.4 Å². The molecule has 0 radical (unpaired) electrons. The Hall–Kier alpha value is -1.04. The Morgan fingerprint density at radius 2 is 2.47 bits per heavy atom. The van der Waals surface area contributed by atoms with Crippen molar-refractivity contribution >= 4 is 16.9 Å². The summed E-state index contributed by atoms with van der Waals surface area (Å²) in [6, 6.07) is 0.533. The van der Waals surface area contributed by atoms with Gasteiger partial charge < -0.3 is 5.32 Å². The highest BCUT2D eigenvalue weighted by Crippen LogP contribution is 2.19. The van der Waals surface area contributed by atoms with Crippen molar-refractivity contribution in [2.75, 3.05) is 12.3 Å². The Morgan fingerprint density at radius 3 is 3.18 bits per heavy atom. The number of aliphatic imine (C=N–C) groups is 1. The second kappa shape index (κ2) is 6.05. The van der Waals surface area contributed by atoms with Crippen molar-refractivity contribution in [2.45, 2.75) is 32.9 Å². The first-order valence-corrected chi connectivity index (χ1v) is 7.02. The van der Waals surface area contributed by atoms with Gasteiger partial charge >= 0.3 is 0 Å². The number of aromatic nitrogens is 3. The smallest absolute Gasteiger partial charge is 0.156 e. The molecule has 0 bridgehead atoms. The van der Waals surface area contributed by atoms with E-state index in [4.69, 9.17) is 0 Å². The van der Waals surface area contributed by atoms with Crippen LogP contribution < -0.4 is 5.32 Å². The number of rotatable bonds is 4. The summed E-state index contributed by atoms with van der Waals surface area (Å²) in [5, 5.41) is 12.2. The topological polar surface area (TPSA) is 55.1 Å². The largest absolute Gasteiger partial charge is 0.362 e. The lowest BCUT2D eigenvalue weighted by molar-refractivity contribution is 0.489. The highest BCUT2D eigenvalue weighted by molar-refractivity contribution is 8.13. The summed E-state index contributed by atoms with van der Waals surface area (Å²) >= 11 is 1.83. The summed E-state index contributed by atoms with van der Waals surface area (Å²) in [5.41, 5.74) is 0. The van der Waals surface area contributed by atoms with Gasteiger partial charge in [-0.15, -0.1) is 5.10 Å². The molecule has 1 aliphatic heterocycles. The van der Waals surface area contributed by atoms with Crippen molar-refractivity contribution < 1.29 is 0 Å². The maximum absolute atomic E-state index is 4.57. The number of hydrogen-bond donors (Lipinski definition) is 1. The molecule has 2 heterocycles. The third-order valence-electron chi connectivity index (χ3n) is 2.96. The first-order valence-electron chi connectivity index (χ1n) is 6.03. The van der Waals surface area contributed by atoms with Gasteiger partial charge in [0.25, 0.3) is 0 Å². The number of aryl methyl sites for hydroxylation is 1. The molecule has 94 valence electrons. The summed E-state index contributed by atoms with van der Waals surface area (Å²) in [6.45, 7) is 6.21. The van der Waals surface area contributed by atoms with E-state index < -0.39 is 0 Å². The monoisotopic (exact) mass is 253 g/mol. The summed E-state index contributed by atoms with van der Waals surface area (Å²) < 4.78 is 1.84. The molecule has 1 fully saturated rings. The van der Waals surface area contributed by atoms with Gasteiger partial charge in [-0.2, -0.15) is 0 Å². The highest BCUT2D eigenvalue weighted by Gasteiger charge is 2.20. The van der Waals surface area contributed by atoms with Gasteiger partial charge in [0.1, 0.15) is 0 Å². The fourth-order valence-corrected chi connectivity index (χ4v) is 2.75. The lowest BCUT2D eigenvalue weighted by Crippen LogP contribution is -2.41. The molecule has 0 amide bonds. The molecule has 1 saturated heterocycles. The van der Waals surface area contributed by atoms with Crippen molar-refractivity contribution in [3.8, 4) is 0 Å². The molecule has 2 atom stereocenters. The summed E-state index contributed by atoms with van der Waals surface area (Å²) in [4.78, 5) is 4.57. The fourth-order valence-electron chi connectivity index (χ4n) is 1.59. The molecule has 0 aliphatic carbocycles. The maximum Gasteiger partial charge on any atom is 0.156 e. The fraction of sp³-hybridized carbons (Fsp3) is 0.727. The van der Waals surface area contributed by atoms with E-state index in [1.165, 1.54) is 0 Å². The van der Waals surface area contributed by atoms with Crippen LogP contribution in [0, 0.1) is 5.92 Å². The van der Waals surface area contributed by atoms with Crippen molar-refractivity contribution in [1.82, 2.24) is 20.3 Å². The van der Waals surface area contributed by atoms with Gasteiger partial charge in [0.15, 0.2) is 5.17 Å². The van der Waals surface area contributed by atoms with Gasteiger partial charge in [-0.1, -0.05) is 23.9 Å². The van der Waals surface area contributed by atoms with Crippen LogP contribution in [0.5, 0.6) is 0 Å². The zero-order valence-electron chi connectivity index (χ0n) is 10.3. The van der Waals surface area contributed by atoms with E-state index in [0.717, 1.165) is 30.4 Å². The minimum atomic E-state index is 0.533. The van der Waals surface area contributed by atoms with E-state index in [1.54, 1.807) is 6.20 Å². The predicted octanol–water partition coefficient (Wildman–Crippen LogP) is 1.39. The number of hydrogen-bond acceptors (Lipinski definition) is 4. The van der Waals surface area contributed by atoms with Gasteiger partial charge in [0, 0.05) is 31.1 Å². The lowest BCUT2D eigenvalue weighted by Gasteiger charge is -2.28. The van der Waals surface area contributed by atoms with Gasteiger partial charge in [0.2, 0.25) is 0 Å². The minimum Gasteiger partial charge on any atom is -0.362 e. The minimum absolute atomic E-state index is 0.533. The van der Waals surface area contributed by atoms with Crippen LogP contribution in [0.25, 0.3) is 0 Å². The second-order valence-corrected chi connectivity index (χ2v) is 5.44. The summed E-state index contributed by atoms with van der Waals surface area (Å²) in [5.74, 6) is 1.88. The zero-order chi connectivity index (χ0) is 12.1. The van der Waals surface area contributed by atoms with Crippen LogP contribution >= 0.6 is 11.8 Å². The third-order valence-corrected chi connectivity index (χ3v) is 4.17. The van der Waals surface area contributed by atoms with Crippen LogP contribution in [0.3, 0.4) is 0 Å². The average molecular weight is 253 g/mol. The van der Waals surface area contributed by atoms with Crippen molar-refractivity contribution in [3.05, 3.63) is 12.4 Å². The molecule has 1 N–H and O–H groups in total. The third kappa shape index (κ3) is 3.73. The Balaban J connectivity index is 1.70. The van der Waals surface area contributed by atoms with Crippen LogP contribution in [0.1, 0.15) is 20.3 Å². The van der Waals surface area contributed by atoms with E-state index in [-0.39, 0.29) is 0 Å². The van der Waals surface area contributed by atoms with E-state index in [9.17, 15) is 0 Å². The Bertz CT molecular complexity index is 362. The number of nitrogens with zero attached hydrogens (tertiary/aromatic N) is 4. The number of thioether (sulfide) groups is 1. The standard InChI is InChI=1S/C11H19N5S/c1-9-8-17-11(14-10(9)2)12-4-3-6-16-7-5-13-15-16/h5,7,9-10H,3-4,6,8H2,1-2H3,(H,12,14). The van der Waals surface area contributed by atoms with Gasteiger partial charge in [-0.3, -0.25) is 9.67 Å². The molecule has 1 aliphatic rings. The lowest BCUT2D eigenvalue weighted by atomic mass is 10.1. The van der Waals surface area contributed by atoms with E-state index in [0.29, 0.717) is 12.0 Å². The Labute approximate surface area is 106 Å². The highest BCUT2D eigenvalue weighted by atomic mass is 32.2. The van der Waals surface area contributed by atoms with E-state index in [2.05, 4.69) is 34.5 Å². The second-order valence-electron chi connectivity index (χ2n) is 4.43. The van der Waals surface area contributed by atoms with Gasteiger partial charge in [-0.25, -0.2) is 0 Å². The van der Waals surface area contributed by atoms with Crippen LogP contribution in [0.2, 0.25) is 0 Å². The van der Waals surface area contributed by atoms with E-state index in [1.807, 2.05) is 22.6 Å². The van der Waals surface area contributed by atoms with Gasteiger partial charge in [-0.05, 0) is 19.3 Å². The molecular formula is C11H19N5S. The van der Waals surface area contributed by atoms with Crippen LogP contribution in [0.4, 0.5) is 0 Å². The Morgan fingerprint density at radius 1 is 1.59 bits per heavy atom. The first-order chi connectivity index (χ1) is 8.25. The number of nitrogens with one attached hydrogen (secondary N) is 1. The van der Waals surface area contributed by atoms with Crippen molar-refractivity contribution in [1.29, 1.82) is 0 Å². The molecule has 2 unspecified atom stereocenters. The van der Waals surface area contributed by atoms with Crippen LogP contribution in [-0.2, 0) is 6.54 Å². The molecule has 1 aromatic rings.